The first-order valence-electron chi connectivity index (χ1n) is 6.52. The average Bonchev–Trinajstić information content (AvgIpc) is 2.13. The molecule has 0 saturated carbocycles. The van der Waals surface area contributed by atoms with Crippen LogP contribution in [0.1, 0.15) is 34.1 Å². The lowest BCUT2D eigenvalue weighted by Gasteiger charge is -2.31. The summed E-state index contributed by atoms with van der Waals surface area (Å²) in [6.45, 7) is 15.6. The van der Waals surface area contributed by atoms with Gasteiger partial charge in [0, 0.05) is 13.1 Å². The van der Waals surface area contributed by atoms with Crippen LogP contribution in [-0.4, -0.2) is 37.6 Å². The van der Waals surface area contributed by atoms with Gasteiger partial charge in [0.05, 0.1) is 0 Å². The van der Waals surface area contributed by atoms with Crippen LogP contribution in [0, 0.1) is 17.8 Å². The lowest BCUT2D eigenvalue weighted by Crippen LogP contribution is -2.41. The van der Waals surface area contributed by atoms with E-state index in [1.165, 1.54) is 39.1 Å². The molecule has 1 fully saturated rings. The first-order valence-corrected chi connectivity index (χ1v) is 6.52. The van der Waals surface area contributed by atoms with Gasteiger partial charge < -0.3 is 10.2 Å². The number of hydrogen-bond donors (Lipinski definition) is 1. The minimum absolute atomic E-state index is 0.796. The standard InChI is InChI=1S/C13H28N2/c1-11(2)13(4)10-15-7-5-6-14-8-12(3)9-15/h11-14H,5-10H2,1-4H3. The van der Waals surface area contributed by atoms with Crippen LogP contribution in [-0.2, 0) is 0 Å². The van der Waals surface area contributed by atoms with Crippen LogP contribution in [0.3, 0.4) is 0 Å². The molecule has 15 heavy (non-hydrogen) atoms. The molecule has 0 aromatic carbocycles. The Balaban J connectivity index is 2.36. The summed E-state index contributed by atoms with van der Waals surface area (Å²) in [6.07, 6.45) is 1.30. The summed E-state index contributed by atoms with van der Waals surface area (Å²) in [5.41, 5.74) is 0. The van der Waals surface area contributed by atoms with Crippen LogP contribution in [0.5, 0.6) is 0 Å². The van der Waals surface area contributed by atoms with Gasteiger partial charge in [-0.3, -0.25) is 0 Å². The van der Waals surface area contributed by atoms with Crippen LogP contribution in [0.25, 0.3) is 0 Å². The van der Waals surface area contributed by atoms with Crippen molar-refractivity contribution >= 4 is 0 Å². The molecule has 0 aromatic heterocycles. The summed E-state index contributed by atoms with van der Waals surface area (Å²) in [5.74, 6) is 2.43. The van der Waals surface area contributed by atoms with Crippen LogP contribution >= 0.6 is 0 Å². The minimum atomic E-state index is 0.796. The molecule has 0 radical (unpaired) electrons. The van der Waals surface area contributed by atoms with Gasteiger partial charge in [-0.15, -0.1) is 0 Å². The van der Waals surface area contributed by atoms with Crippen molar-refractivity contribution in [2.75, 3.05) is 32.7 Å². The van der Waals surface area contributed by atoms with Crippen molar-refractivity contribution in [1.82, 2.24) is 10.2 Å². The van der Waals surface area contributed by atoms with E-state index in [2.05, 4.69) is 37.9 Å². The number of hydrogen-bond acceptors (Lipinski definition) is 2. The van der Waals surface area contributed by atoms with Gasteiger partial charge in [0.1, 0.15) is 0 Å². The van der Waals surface area contributed by atoms with Crippen LogP contribution in [0.4, 0.5) is 0 Å². The van der Waals surface area contributed by atoms with Gasteiger partial charge in [-0.05, 0) is 43.8 Å². The van der Waals surface area contributed by atoms with Gasteiger partial charge in [0.15, 0.2) is 0 Å². The summed E-state index contributed by atoms with van der Waals surface area (Å²) < 4.78 is 0. The smallest absolute Gasteiger partial charge is 0.00193 e. The third kappa shape index (κ3) is 4.98. The van der Waals surface area contributed by atoms with E-state index in [1.54, 1.807) is 0 Å². The molecule has 90 valence electrons. The molecule has 0 bridgehead atoms. The zero-order chi connectivity index (χ0) is 11.3. The van der Waals surface area contributed by atoms with Gasteiger partial charge in [0.25, 0.3) is 0 Å². The number of rotatable bonds is 3. The Morgan fingerprint density at radius 1 is 1.33 bits per heavy atom. The van der Waals surface area contributed by atoms with E-state index >= 15 is 0 Å². The second kappa shape index (κ2) is 6.49. The van der Waals surface area contributed by atoms with E-state index in [-0.39, 0.29) is 0 Å². The molecular weight excluding hydrogens is 184 g/mol. The third-order valence-corrected chi connectivity index (χ3v) is 3.57. The van der Waals surface area contributed by atoms with E-state index in [0.29, 0.717) is 0 Å². The van der Waals surface area contributed by atoms with Gasteiger partial charge in [-0.2, -0.15) is 0 Å². The molecule has 0 aliphatic carbocycles. The van der Waals surface area contributed by atoms with Crippen molar-refractivity contribution in [2.24, 2.45) is 17.8 Å². The lowest BCUT2D eigenvalue weighted by atomic mass is 9.97. The monoisotopic (exact) mass is 212 g/mol. The van der Waals surface area contributed by atoms with Gasteiger partial charge in [0.2, 0.25) is 0 Å². The molecular formula is C13H28N2. The molecule has 1 saturated heterocycles. The highest BCUT2D eigenvalue weighted by Crippen LogP contribution is 2.13. The Morgan fingerprint density at radius 3 is 2.73 bits per heavy atom. The second-order valence-electron chi connectivity index (χ2n) is 5.64. The Labute approximate surface area is 95.4 Å². The Bertz CT molecular complexity index is 168. The molecule has 1 rings (SSSR count). The van der Waals surface area contributed by atoms with Crippen LogP contribution in [0.15, 0.2) is 0 Å². The summed E-state index contributed by atoms with van der Waals surface area (Å²) in [6, 6.07) is 0. The predicted molar refractivity (Wildman–Crippen MR) is 67.1 cm³/mol. The summed E-state index contributed by atoms with van der Waals surface area (Å²) in [7, 11) is 0. The fourth-order valence-electron chi connectivity index (χ4n) is 2.16. The lowest BCUT2D eigenvalue weighted by molar-refractivity contribution is 0.174. The van der Waals surface area contributed by atoms with Crippen LogP contribution in [0.2, 0.25) is 0 Å². The first kappa shape index (κ1) is 13.0. The van der Waals surface area contributed by atoms with E-state index in [1.807, 2.05) is 0 Å². The van der Waals surface area contributed by atoms with Crippen molar-refractivity contribution in [1.29, 1.82) is 0 Å². The number of nitrogens with zero attached hydrogens (tertiary/aromatic N) is 1. The molecule has 2 nitrogen and oxygen atoms in total. The normalized spacial score (nSPS) is 27.4. The first-order chi connectivity index (χ1) is 7.09. The molecule has 1 aliphatic rings. The van der Waals surface area contributed by atoms with Crippen molar-refractivity contribution in [3.8, 4) is 0 Å². The SMILES string of the molecule is CC1CNCCCN(CC(C)C(C)C)C1. The maximum atomic E-state index is 3.51. The average molecular weight is 212 g/mol. The maximum absolute atomic E-state index is 3.51. The number of nitrogens with one attached hydrogen (secondary N) is 1. The predicted octanol–water partition coefficient (Wildman–Crippen LogP) is 2.21. The van der Waals surface area contributed by atoms with E-state index < -0.39 is 0 Å². The quantitative estimate of drug-likeness (QED) is 0.771. The zero-order valence-electron chi connectivity index (χ0n) is 10.9. The molecule has 0 amide bonds. The van der Waals surface area contributed by atoms with E-state index in [9.17, 15) is 0 Å². The Kier molecular flexibility index (Phi) is 5.62. The highest BCUT2D eigenvalue weighted by Gasteiger charge is 2.16. The molecule has 2 unspecified atom stereocenters. The minimum Gasteiger partial charge on any atom is -0.316 e. The van der Waals surface area contributed by atoms with Crippen molar-refractivity contribution in [2.45, 2.75) is 34.1 Å². The topological polar surface area (TPSA) is 15.3 Å². The van der Waals surface area contributed by atoms with Gasteiger partial charge >= 0.3 is 0 Å². The Morgan fingerprint density at radius 2 is 2.07 bits per heavy atom. The summed E-state index contributed by atoms with van der Waals surface area (Å²) in [4.78, 5) is 2.66. The summed E-state index contributed by atoms with van der Waals surface area (Å²) in [5, 5.41) is 3.51. The molecule has 0 aromatic rings. The third-order valence-electron chi connectivity index (χ3n) is 3.57. The van der Waals surface area contributed by atoms with E-state index in [4.69, 9.17) is 0 Å². The van der Waals surface area contributed by atoms with Crippen molar-refractivity contribution < 1.29 is 0 Å². The van der Waals surface area contributed by atoms with Crippen LogP contribution < -0.4 is 5.32 Å². The van der Waals surface area contributed by atoms with E-state index in [0.717, 1.165) is 17.8 Å². The van der Waals surface area contributed by atoms with Crippen molar-refractivity contribution in [3.63, 3.8) is 0 Å². The largest absolute Gasteiger partial charge is 0.316 e. The van der Waals surface area contributed by atoms with Gasteiger partial charge in [-0.1, -0.05) is 27.7 Å². The maximum Gasteiger partial charge on any atom is 0.00193 e. The molecule has 1 aliphatic heterocycles. The highest BCUT2D eigenvalue weighted by atomic mass is 15.1. The molecule has 1 heterocycles. The second-order valence-corrected chi connectivity index (χ2v) is 5.64. The summed E-state index contributed by atoms with van der Waals surface area (Å²) >= 11 is 0. The molecule has 2 heteroatoms. The molecule has 0 spiro atoms. The Hall–Kier alpha value is -0.0800. The van der Waals surface area contributed by atoms with Gasteiger partial charge in [-0.25, -0.2) is 0 Å². The fourth-order valence-corrected chi connectivity index (χ4v) is 2.16. The molecule has 1 N–H and O–H groups in total. The molecule has 2 atom stereocenters. The highest BCUT2D eigenvalue weighted by molar-refractivity contribution is 4.72. The zero-order valence-corrected chi connectivity index (χ0v) is 10.9. The van der Waals surface area contributed by atoms with Crippen molar-refractivity contribution in [3.05, 3.63) is 0 Å². The fraction of sp³-hybridized carbons (Fsp3) is 1.00.